The fraction of sp³-hybridized carbons (Fsp3) is 0.800. The fourth-order valence-electron chi connectivity index (χ4n) is 5.33. The first kappa shape index (κ1) is 29.5. The topological polar surface area (TPSA) is 22.7 Å². The first-order valence-electron chi connectivity index (χ1n) is 15.4. The lowest BCUT2D eigenvalue weighted by molar-refractivity contribution is 0.202. The third-order valence-corrected chi connectivity index (χ3v) is 7.71. The normalized spacial score (nSPS) is 17.2. The minimum atomic E-state index is 1.08. The molecule has 0 amide bonds. The standard InChI is InChI=1S/C30H57N7/c1-4-7-13-32-22-25-35(28-32)19-10-16-31(17-11-20-36-26-23-33(29-36)14-8-5-2)18-12-21-37-27-24-34(30-37)15-9-6-3/h22-27H,4-21,28-30H2,1-3H3. The van der Waals surface area contributed by atoms with Gasteiger partial charge in [0.05, 0.1) is 20.0 Å². The summed E-state index contributed by atoms with van der Waals surface area (Å²) < 4.78 is 0. The molecular formula is C30H57N7. The smallest absolute Gasteiger partial charge is 0.0893 e. The van der Waals surface area contributed by atoms with Gasteiger partial charge in [-0.05, 0) is 58.2 Å². The molecule has 3 aliphatic rings. The third kappa shape index (κ3) is 11.5. The van der Waals surface area contributed by atoms with Gasteiger partial charge in [-0.2, -0.15) is 0 Å². The molecule has 0 unspecified atom stereocenters. The van der Waals surface area contributed by atoms with Gasteiger partial charge in [-0.1, -0.05) is 40.0 Å². The Hall–Kier alpha value is -2.02. The second kappa shape index (κ2) is 17.5. The van der Waals surface area contributed by atoms with E-state index in [1.807, 2.05) is 0 Å². The van der Waals surface area contributed by atoms with E-state index < -0.39 is 0 Å². The zero-order valence-corrected chi connectivity index (χ0v) is 24.4. The SMILES string of the molecule is CCCCN1C=CN(CCCN(CCCN2C=CN(CCCC)C2)CCCN2C=CN(CCCC)C2)C1. The molecule has 0 atom stereocenters. The monoisotopic (exact) mass is 515 g/mol. The summed E-state index contributed by atoms with van der Waals surface area (Å²) in [5, 5.41) is 0. The highest BCUT2D eigenvalue weighted by Crippen LogP contribution is 2.12. The van der Waals surface area contributed by atoms with Gasteiger partial charge in [0.25, 0.3) is 0 Å². The van der Waals surface area contributed by atoms with Crippen LogP contribution in [0.3, 0.4) is 0 Å². The molecule has 0 radical (unpaired) electrons. The molecule has 0 aromatic heterocycles. The fourth-order valence-corrected chi connectivity index (χ4v) is 5.33. The van der Waals surface area contributed by atoms with Gasteiger partial charge in [0.15, 0.2) is 0 Å². The van der Waals surface area contributed by atoms with Crippen LogP contribution in [0.1, 0.15) is 78.6 Å². The molecule has 0 aliphatic carbocycles. The van der Waals surface area contributed by atoms with E-state index >= 15 is 0 Å². The van der Waals surface area contributed by atoms with Crippen molar-refractivity contribution in [3.05, 3.63) is 37.2 Å². The lowest BCUT2D eigenvalue weighted by atomic mass is 10.2. The molecule has 3 heterocycles. The summed E-state index contributed by atoms with van der Waals surface area (Å²) in [7, 11) is 0. The van der Waals surface area contributed by atoms with Gasteiger partial charge in [0, 0.05) is 76.5 Å². The predicted octanol–water partition coefficient (Wildman–Crippen LogP) is 5.00. The highest BCUT2D eigenvalue weighted by molar-refractivity contribution is 4.92. The van der Waals surface area contributed by atoms with Crippen LogP contribution in [0, 0.1) is 0 Å². The number of hydrogen-bond acceptors (Lipinski definition) is 7. The summed E-state index contributed by atoms with van der Waals surface area (Å²) in [5.41, 5.74) is 0. The van der Waals surface area contributed by atoms with Crippen molar-refractivity contribution >= 4 is 0 Å². The van der Waals surface area contributed by atoms with Gasteiger partial charge in [0.1, 0.15) is 0 Å². The summed E-state index contributed by atoms with van der Waals surface area (Å²) in [6, 6.07) is 0. The van der Waals surface area contributed by atoms with Crippen molar-refractivity contribution < 1.29 is 0 Å². The number of unbranched alkanes of at least 4 members (excludes halogenated alkanes) is 3. The number of nitrogens with zero attached hydrogens (tertiary/aromatic N) is 7. The van der Waals surface area contributed by atoms with E-state index in [9.17, 15) is 0 Å². The summed E-state index contributed by atoms with van der Waals surface area (Å²) in [5.74, 6) is 0. The molecule has 3 aliphatic heterocycles. The molecule has 0 aromatic rings. The van der Waals surface area contributed by atoms with E-state index in [-0.39, 0.29) is 0 Å². The molecule has 0 aromatic carbocycles. The maximum absolute atomic E-state index is 2.73. The van der Waals surface area contributed by atoms with E-state index in [1.54, 1.807) is 0 Å². The minimum absolute atomic E-state index is 1.08. The molecule has 0 fully saturated rings. The second-order valence-electron chi connectivity index (χ2n) is 11.2. The predicted molar refractivity (Wildman–Crippen MR) is 157 cm³/mol. The summed E-state index contributed by atoms with van der Waals surface area (Å²) >= 11 is 0. The van der Waals surface area contributed by atoms with Crippen LogP contribution in [0.2, 0.25) is 0 Å². The first-order valence-corrected chi connectivity index (χ1v) is 15.4. The molecular weight excluding hydrogens is 458 g/mol. The maximum atomic E-state index is 2.73. The van der Waals surface area contributed by atoms with E-state index in [1.165, 1.54) is 97.1 Å². The molecule has 212 valence electrons. The minimum Gasteiger partial charge on any atom is -0.359 e. The van der Waals surface area contributed by atoms with Crippen LogP contribution in [-0.2, 0) is 0 Å². The van der Waals surface area contributed by atoms with E-state index in [4.69, 9.17) is 0 Å². The summed E-state index contributed by atoms with van der Waals surface area (Å²) in [6.45, 7) is 20.7. The average molecular weight is 516 g/mol. The van der Waals surface area contributed by atoms with Crippen LogP contribution in [0.4, 0.5) is 0 Å². The van der Waals surface area contributed by atoms with Crippen molar-refractivity contribution in [2.45, 2.75) is 78.6 Å². The van der Waals surface area contributed by atoms with Crippen LogP contribution < -0.4 is 0 Å². The maximum Gasteiger partial charge on any atom is 0.0893 e. The Morgan fingerprint density at radius 1 is 0.405 bits per heavy atom. The van der Waals surface area contributed by atoms with Crippen LogP contribution in [0.5, 0.6) is 0 Å². The van der Waals surface area contributed by atoms with E-state index in [0.29, 0.717) is 0 Å². The Morgan fingerprint density at radius 3 is 0.892 bits per heavy atom. The third-order valence-electron chi connectivity index (χ3n) is 7.71. The van der Waals surface area contributed by atoms with Crippen molar-refractivity contribution in [3.8, 4) is 0 Å². The highest BCUT2D eigenvalue weighted by Gasteiger charge is 2.15. The molecule has 0 saturated carbocycles. The van der Waals surface area contributed by atoms with Crippen LogP contribution >= 0.6 is 0 Å². The van der Waals surface area contributed by atoms with Crippen molar-refractivity contribution in [2.24, 2.45) is 0 Å². The van der Waals surface area contributed by atoms with E-state index in [0.717, 1.165) is 39.6 Å². The zero-order chi connectivity index (χ0) is 26.1. The van der Waals surface area contributed by atoms with Crippen molar-refractivity contribution in [1.29, 1.82) is 0 Å². The lowest BCUT2D eigenvalue weighted by Crippen LogP contribution is -2.34. The summed E-state index contributed by atoms with van der Waals surface area (Å²) in [6.07, 6.45) is 25.2. The molecule has 0 bridgehead atoms. The summed E-state index contributed by atoms with van der Waals surface area (Å²) in [4.78, 5) is 17.6. The van der Waals surface area contributed by atoms with Crippen molar-refractivity contribution in [1.82, 2.24) is 34.3 Å². The van der Waals surface area contributed by atoms with Gasteiger partial charge >= 0.3 is 0 Å². The quantitative estimate of drug-likeness (QED) is 0.212. The number of hydrogen-bond donors (Lipinski definition) is 0. The lowest BCUT2D eigenvalue weighted by Gasteiger charge is -2.27. The van der Waals surface area contributed by atoms with Crippen LogP contribution in [0.15, 0.2) is 37.2 Å². The Kier molecular flexibility index (Phi) is 14.0. The van der Waals surface area contributed by atoms with Gasteiger partial charge in [-0.3, -0.25) is 0 Å². The molecule has 7 heteroatoms. The van der Waals surface area contributed by atoms with Gasteiger partial charge < -0.3 is 34.3 Å². The van der Waals surface area contributed by atoms with Gasteiger partial charge in [-0.25, -0.2) is 0 Å². The Balaban J connectivity index is 1.35. The largest absolute Gasteiger partial charge is 0.359 e. The van der Waals surface area contributed by atoms with Crippen LogP contribution in [0.25, 0.3) is 0 Å². The molecule has 0 spiro atoms. The number of rotatable bonds is 21. The average Bonchev–Trinajstić information content (AvgIpc) is 3.66. The molecule has 7 nitrogen and oxygen atoms in total. The Morgan fingerprint density at radius 2 is 0.649 bits per heavy atom. The highest BCUT2D eigenvalue weighted by atomic mass is 15.4. The molecule has 0 N–H and O–H groups in total. The van der Waals surface area contributed by atoms with E-state index in [2.05, 4.69) is 92.3 Å². The van der Waals surface area contributed by atoms with Crippen molar-refractivity contribution in [3.63, 3.8) is 0 Å². The Bertz CT molecular complexity index is 588. The van der Waals surface area contributed by atoms with Gasteiger partial charge in [0.2, 0.25) is 0 Å². The van der Waals surface area contributed by atoms with Crippen LogP contribution in [-0.4, -0.2) is 113 Å². The molecule has 3 rings (SSSR count). The zero-order valence-electron chi connectivity index (χ0n) is 24.4. The first-order chi connectivity index (χ1) is 18.2. The molecule has 37 heavy (non-hydrogen) atoms. The Labute approximate surface area is 229 Å². The van der Waals surface area contributed by atoms with Crippen molar-refractivity contribution in [2.75, 3.05) is 78.9 Å². The van der Waals surface area contributed by atoms with Gasteiger partial charge in [-0.15, -0.1) is 0 Å². The second-order valence-corrected chi connectivity index (χ2v) is 11.2. The molecule has 0 saturated heterocycles.